The zero-order valence-electron chi connectivity index (χ0n) is 17.5. The number of hydrogen-bond donors (Lipinski definition) is 0. The predicted octanol–water partition coefficient (Wildman–Crippen LogP) is 3.30. The fourth-order valence-corrected chi connectivity index (χ4v) is 5.15. The Morgan fingerprint density at radius 1 is 1.11 bits per heavy atom. The summed E-state index contributed by atoms with van der Waals surface area (Å²) in [6, 6.07) is 8.56. The maximum atomic E-state index is 14.6. The van der Waals surface area contributed by atoms with E-state index in [1.807, 2.05) is 0 Å². The Balaban J connectivity index is 0.00000342. The van der Waals surface area contributed by atoms with Crippen molar-refractivity contribution < 1.29 is 35.0 Å². The van der Waals surface area contributed by atoms with E-state index in [0.29, 0.717) is 15.1 Å². The maximum absolute atomic E-state index is 14.6. The SMILES string of the molecule is CN1C(=O)C(c2ccc(OS(=O)(=O)C(F)(F)F)cc2)(c2ccc(F)c(-c3cncs3)c2)N=C1[AsH2].Cl. The molecular weight excluding hydrogens is 597 g/mol. The van der Waals surface area contributed by atoms with Gasteiger partial charge in [0.05, 0.1) is 0 Å². The Hall–Kier alpha value is -2.47. The van der Waals surface area contributed by atoms with Crippen molar-refractivity contribution in [2.75, 3.05) is 7.05 Å². The molecule has 2 heterocycles. The zero-order chi connectivity index (χ0) is 24.9. The molecule has 1 aromatic heterocycles. The normalized spacial score (nSPS) is 18.3. The Labute approximate surface area is 215 Å². The van der Waals surface area contributed by atoms with Crippen LogP contribution in [0.15, 0.2) is 59.2 Å². The molecule has 4 rings (SSSR count). The molecule has 0 fully saturated rings. The van der Waals surface area contributed by atoms with Crippen LogP contribution in [0.5, 0.6) is 5.75 Å². The Morgan fingerprint density at radius 2 is 1.74 bits per heavy atom. The number of amides is 1. The number of thiazole rings is 1. The number of aromatic nitrogens is 1. The van der Waals surface area contributed by atoms with Gasteiger partial charge in [0, 0.05) is 0 Å². The van der Waals surface area contributed by atoms with Gasteiger partial charge < -0.3 is 0 Å². The largest absolute Gasteiger partial charge is 0.147 e. The van der Waals surface area contributed by atoms with Crippen molar-refractivity contribution in [2.24, 2.45) is 4.99 Å². The van der Waals surface area contributed by atoms with Gasteiger partial charge in [-0.2, -0.15) is 0 Å². The molecule has 0 aliphatic carbocycles. The van der Waals surface area contributed by atoms with Gasteiger partial charge in [0.2, 0.25) is 0 Å². The molecule has 1 aliphatic rings. The number of likely N-dealkylation sites (N-methyl/N-ethyl adjacent to an activating group) is 1. The molecule has 0 spiro atoms. The van der Waals surface area contributed by atoms with Gasteiger partial charge in [-0.1, -0.05) is 0 Å². The van der Waals surface area contributed by atoms with E-state index in [-0.39, 0.29) is 23.5 Å². The van der Waals surface area contributed by atoms with Crippen LogP contribution in [0.25, 0.3) is 10.4 Å². The summed E-state index contributed by atoms with van der Waals surface area (Å²) < 4.78 is 79.7. The molecule has 2 unspecified atom stereocenters. The molecule has 1 aliphatic heterocycles. The first-order valence-corrected chi connectivity index (χ1v) is 12.8. The van der Waals surface area contributed by atoms with Crippen LogP contribution in [-0.2, 0) is 20.5 Å². The van der Waals surface area contributed by atoms with E-state index in [0.717, 1.165) is 29.0 Å². The van der Waals surface area contributed by atoms with E-state index in [1.54, 1.807) is 0 Å². The van der Waals surface area contributed by atoms with Crippen molar-refractivity contribution in [3.63, 3.8) is 0 Å². The quantitative estimate of drug-likeness (QED) is 0.191. The van der Waals surface area contributed by atoms with Gasteiger partial charge in [0.15, 0.2) is 0 Å². The van der Waals surface area contributed by atoms with Crippen LogP contribution < -0.4 is 4.18 Å². The minimum atomic E-state index is -5.86. The second-order valence-corrected chi connectivity index (χ2v) is 10.6. The molecule has 186 valence electrons. The molecule has 35 heavy (non-hydrogen) atoms. The topological polar surface area (TPSA) is 88.9 Å². The Morgan fingerprint density at radius 3 is 2.26 bits per heavy atom. The summed E-state index contributed by atoms with van der Waals surface area (Å²) in [5.74, 6) is -1.59. The molecule has 2 aromatic carbocycles. The van der Waals surface area contributed by atoms with E-state index in [4.69, 9.17) is 0 Å². The Bertz CT molecular complexity index is 1400. The molecule has 0 saturated heterocycles. The monoisotopic (exact) mass is 611 g/mol. The summed E-state index contributed by atoms with van der Waals surface area (Å²) in [5.41, 5.74) is -4.97. The molecule has 15 heteroatoms. The van der Waals surface area contributed by atoms with Crippen LogP contribution in [0.1, 0.15) is 11.1 Å². The van der Waals surface area contributed by atoms with Gasteiger partial charge in [-0.15, -0.1) is 12.4 Å². The van der Waals surface area contributed by atoms with Crippen molar-refractivity contribution in [3.8, 4) is 16.2 Å². The number of nitrogens with zero attached hydrogens (tertiary/aromatic N) is 3. The third-order valence-electron chi connectivity index (χ3n) is 5.08. The smallest absolute Gasteiger partial charge is 0.147 e. The van der Waals surface area contributed by atoms with Gasteiger partial charge in [-0.25, -0.2) is 0 Å². The summed E-state index contributed by atoms with van der Waals surface area (Å²) >= 11 is 2.26. The van der Waals surface area contributed by atoms with E-state index < -0.39 is 38.6 Å². The second-order valence-electron chi connectivity index (χ2n) is 7.11. The van der Waals surface area contributed by atoms with Crippen LogP contribution in [-0.4, -0.2) is 58.2 Å². The van der Waals surface area contributed by atoms with Crippen LogP contribution in [0.2, 0.25) is 0 Å². The third kappa shape index (κ3) is 4.69. The molecule has 7 nitrogen and oxygen atoms in total. The average Bonchev–Trinajstić information content (AvgIpc) is 3.38. The number of benzene rings is 2. The molecule has 1 amide bonds. The maximum Gasteiger partial charge on any atom is -0.147 e. The minimum Gasteiger partial charge on any atom is -0.147 e. The van der Waals surface area contributed by atoms with E-state index in [1.165, 1.54) is 65.3 Å². The first-order chi connectivity index (χ1) is 15.9. The number of carbonyl (C=O) groups excluding carboxylic acids is 1. The number of aliphatic imine (C=N–C) groups is 1. The Kier molecular flexibility index (Phi) is 7.38. The van der Waals surface area contributed by atoms with Crippen LogP contribution in [0.3, 0.4) is 0 Å². The van der Waals surface area contributed by atoms with Crippen LogP contribution in [0.4, 0.5) is 17.6 Å². The van der Waals surface area contributed by atoms with E-state index in [9.17, 15) is 30.8 Å². The van der Waals surface area contributed by atoms with Crippen molar-refractivity contribution in [1.29, 1.82) is 0 Å². The fourth-order valence-electron chi connectivity index (χ4n) is 3.40. The zero-order valence-corrected chi connectivity index (χ0v) is 22.4. The first-order valence-electron chi connectivity index (χ1n) is 9.30. The number of halogens is 5. The average molecular weight is 612 g/mol. The second kappa shape index (κ2) is 9.53. The molecule has 0 N–H and O–H groups in total. The van der Waals surface area contributed by atoms with Gasteiger partial charge in [0.1, 0.15) is 0 Å². The number of hydrogen-bond acceptors (Lipinski definition) is 7. The molecule has 0 radical (unpaired) electrons. The van der Waals surface area contributed by atoms with Gasteiger partial charge in [-0.3, -0.25) is 0 Å². The van der Waals surface area contributed by atoms with Gasteiger partial charge >= 0.3 is 204 Å². The predicted molar refractivity (Wildman–Crippen MR) is 126 cm³/mol. The molecule has 3 aromatic rings. The van der Waals surface area contributed by atoms with E-state index >= 15 is 0 Å². The summed E-state index contributed by atoms with van der Waals surface area (Å²) in [6.07, 6.45) is 1.48. The van der Waals surface area contributed by atoms with Crippen molar-refractivity contribution in [3.05, 3.63) is 71.1 Å². The molecular formula is C20H15AsClF4N3O4S2. The molecule has 0 saturated carbocycles. The minimum absolute atomic E-state index is 0. The van der Waals surface area contributed by atoms with Gasteiger partial charge in [-0.05, 0) is 0 Å². The van der Waals surface area contributed by atoms with Crippen molar-refractivity contribution in [1.82, 2.24) is 9.88 Å². The summed E-state index contributed by atoms with van der Waals surface area (Å²) in [7, 11) is -4.34. The third-order valence-corrected chi connectivity index (χ3v) is 7.95. The molecule has 0 bridgehead atoms. The van der Waals surface area contributed by atoms with Crippen LogP contribution >= 0.6 is 23.7 Å². The van der Waals surface area contributed by atoms with Crippen LogP contribution in [0, 0.1) is 5.82 Å². The number of carbonyl (C=O) groups is 1. The molecule has 2 atom stereocenters. The number of rotatable bonds is 5. The first kappa shape index (κ1) is 27.1. The summed E-state index contributed by atoms with van der Waals surface area (Å²) in [4.78, 5) is 23.8. The van der Waals surface area contributed by atoms with E-state index in [2.05, 4.69) is 14.2 Å². The number of alkyl halides is 3. The summed E-state index contributed by atoms with van der Waals surface area (Å²) in [6.45, 7) is 0. The van der Waals surface area contributed by atoms with Gasteiger partial charge in [0.25, 0.3) is 0 Å². The van der Waals surface area contributed by atoms with Crippen molar-refractivity contribution >= 4 is 61.2 Å². The summed E-state index contributed by atoms with van der Waals surface area (Å²) in [5, 5.41) is 0. The number of amidine groups is 1. The van der Waals surface area contributed by atoms with Crippen molar-refractivity contribution in [2.45, 2.75) is 11.0 Å². The fraction of sp³-hybridized carbons (Fsp3) is 0.150. The standard InChI is InChI=1S/C20H14AsF4N3O4S2.ClH/c1-28-17(29)19(27-18(28)21,12-4-7-15(22)14(8-12)16-9-26-10-33-16)11-2-5-13(6-3-11)32-34(30,31)20(23,24)25;/h2-10H,21H2,1H3;1H.